The molecular formula is C16H15BrN2O. The molecule has 0 bridgehead atoms. The Morgan fingerprint density at radius 1 is 1.20 bits per heavy atom. The second-order valence-corrected chi connectivity index (χ2v) is 5.70. The molecule has 3 aromatic rings. The summed E-state index contributed by atoms with van der Waals surface area (Å²) in [6.45, 7) is 2.51. The van der Waals surface area contributed by atoms with Crippen LogP contribution in [-0.4, -0.2) is 9.78 Å². The molecule has 102 valence electrons. The second-order valence-electron chi connectivity index (χ2n) is 4.79. The molecular weight excluding hydrogens is 316 g/mol. The lowest BCUT2D eigenvalue weighted by molar-refractivity contribution is 0.299. The first-order valence-corrected chi connectivity index (χ1v) is 7.24. The fourth-order valence-corrected chi connectivity index (χ4v) is 2.79. The number of aromatic nitrogens is 2. The molecule has 0 saturated carbocycles. The molecule has 0 atom stereocenters. The van der Waals surface area contributed by atoms with Crippen LogP contribution in [0.15, 0.2) is 46.9 Å². The Morgan fingerprint density at radius 2 is 2.00 bits per heavy atom. The van der Waals surface area contributed by atoms with Crippen LogP contribution in [0.4, 0.5) is 0 Å². The third-order valence-corrected chi connectivity index (χ3v) is 3.83. The zero-order valence-corrected chi connectivity index (χ0v) is 13.0. The number of hydrogen-bond acceptors (Lipinski definition) is 2. The van der Waals surface area contributed by atoms with E-state index < -0.39 is 0 Å². The number of nitrogens with zero attached hydrogens (tertiary/aromatic N) is 2. The van der Waals surface area contributed by atoms with Crippen LogP contribution in [0.3, 0.4) is 0 Å². The minimum atomic E-state index is 0.476. The summed E-state index contributed by atoms with van der Waals surface area (Å²) >= 11 is 3.46. The largest absolute Gasteiger partial charge is 0.487 e. The predicted octanol–water partition coefficient (Wildman–Crippen LogP) is 4.22. The Labute approximate surface area is 126 Å². The average molecular weight is 331 g/mol. The summed E-state index contributed by atoms with van der Waals surface area (Å²) in [5.41, 5.74) is 3.20. The summed E-state index contributed by atoms with van der Waals surface area (Å²) in [4.78, 5) is 0. The molecule has 1 aromatic heterocycles. The molecule has 0 aliphatic rings. The van der Waals surface area contributed by atoms with E-state index in [1.165, 1.54) is 0 Å². The van der Waals surface area contributed by atoms with Gasteiger partial charge in [0.15, 0.2) is 0 Å². The Morgan fingerprint density at radius 3 is 2.80 bits per heavy atom. The molecule has 0 aliphatic carbocycles. The number of fused-ring (bicyclic) bond motifs is 1. The third kappa shape index (κ3) is 2.43. The lowest BCUT2D eigenvalue weighted by Crippen LogP contribution is -1.99. The van der Waals surface area contributed by atoms with Crippen LogP contribution in [0.25, 0.3) is 10.9 Å². The van der Waals surface area contributed by atoms with Gasteiger partial charge in [0.25, 0.3) is 0 Å². The van der Waals surface area contributed by atoms with Gasteiger partial charge in [0, 0.05) is 16.9 Å². The van der Waals surface area contributed by atoms with Crippen LogP contribution in [0.2, 0.25) is 0 Å². The van der Waals surface area contributed by atoms with Crippen molar-refractivity contribution in [1.29, 1.82) is 0 Å². The highest BCUT2D eigenvalue weighted by Crippen LogP contribution is 2.24. The molecule has 0 unspecified atom stereocenters. The van der Waals surface area contributed by atoms with Crippen LogP contribution < -0.4 is 4.74 Å². The molecule has 4 heteroatoms. The summed E-state index contributed by atoms with van der Waals surface area (Å²) in [7, 11) is 1.96. The number of ether oxygens (including phenoxy) is 1. The van der Waals surface area contributed by atoms with E-state index in [-0.39, 0.29) is 0 Å². The minimum absolute atomic E-state index is 0.476. The highest BCUT2D eigenvalue weighted by atomic mass is 79.9. The zero-order valence-electron chi connectivity index (χ0n) is 11.4. The standard InChI is InChI=1S/C16H15BrN2O/c1-11-9-12(17)7-8-16(11)20-10-14-13-5-3-4-6-15(13)19(2)18-14/h3-9H,10H2,1-2H3. The van der Waals surface area contributed by atoms with Crippen LogP contribution in [-0.2, 0) is 13.7 Å². The molecule has 2 aromatic carbocycles. The molecule has 0 amide bonds. The zero-order chi connectivity index (χ0) is 14.1. The Hall–Kier alpha value is -1.81. The quantitative estimate of drug-likeness (QED) is 0.718. The minimum Gasteiger partial charge on any atom is -0.487 e. The van der Waals surface area contributed by atoms with Crippen LogP contribution >= 0.6 is 15.9 Å². The van der Waals surface area contributed by atoms with E-state index in [4.69, 9.17) is 4.74 Å². The maximum atomic E-state index is 5.90. The molecule has 0 radical (unpaired) electrons. The Balaban J connectivity index is 1.87. The van der Waals surface area contributed by atoms with Gasteiger partial charge in [0.2, 0.25) is 0 Å². The maximum absolute atomic E-state index is 5.90. The molecule has 0 aliphatic heterocycles. The summed E-state index contributed by atoms with van der Waals surface area (Å²) in [5.74, 6) is 0.892. The SMILES string of the molecule is Cc1cc(Br)ccc1OCc1nn(C)c2ccccc12. The topological polar surface area (TPSA) is 27.1 Å². The monoisotopic (exact) mass is 330 g/mol. The lowest BCUT2D eigenvalue weighted by atomic mass is 10.2. The lowest BCUT2D eigenvalue weighted by Gasteiger charge is -2.08. The van der Waals surface area contributed by atoms with Crippen LogP contribution in [0, 0.1) is 6.92 Å². The van der Waals surface area contributed by atoms with Gasteiger partial charge in [-0.1, -0.05) is 34.1 Å². The van der Waals surface area contributed by atoms with Crippen molar-refractivity contribution in [2.24, 2.45) is 7.05 Å². The van der Waals surface area contributed by atoms with Gasteiger partial charge in [-0.3, -0.25) is 4.68 Å². The number of benzene rings is 2. The highest BCUT2D eigenvalue weighted by Gasteiger charge is 2.09. The summed E-state index contributed by atoms with van der Waals surface area (Å²) < 4.78 is 8.85. The molecule has 0 spiro atoms. The van der Waals surface area contributed by atoms with E-state index in [1.807, 2.05) is 49.0 Å². The number of aryl methyl sites for hydroxylation is 2. The first-order chi connectivity index (χ1) is 9.65. The van der Waals surface area contributed by atoms with Crippen molar-refractivity contribution in [1.82, 2.24) is 9.78 Å². The molecule has 0 saturated heterocycles. The van der Waals surface area contributed by atoms with Crippen molar-refractivity contribution >= 4 is 26.8 Å². The number of hydrogen-bond donors (Lipinski definition) is 0. The van der Waals surface area contributed by atoms with Gasteiger partial charge >= 0.3 is 0 Å². The van der Waals surface area contributed by atoms with Crippen molar-refractivity contribution in [3.63, 3.8) is 0 Å². The van der Waals surface area contributed by atoms with Crippen molar-refractivity contribution in [3.05, 3.63) is 58.2 Å². The van der Waals surface area contributed by atoms with Gasteiger partial charge in [-0.15, -0.1) is 0 Å². The van der Waals surface area contributed by atoms with E-state index in [9.17, 15) is 0 Å². The highest BCUT2D eigenvalue weighted by molar-refractivity contribution is 9.10. The Kier molecular flexibility index (Phi) is 3.49. The summed E-state index contributed by atoms with van der Waals surface area (Å²) in [6.07, 6.45) is 0. The smallest absolute Gasteiger partial charge is 0.133 e. The van der Waals surface area contributed by atoms with Gasteiger partial charge in [-0.2, -0.15) is 5.10 Å². The van der Waals surface area contributed by atoms with Gasteiger partial charge < -0.3 is 4.74 Å². The molecule has 1 heterocycles. The molecule has 20 heavy (non-hydrogen) atoms. The number of halogens is 1. The third-order valence-electron chi connectivity index (χ3n) is 3.34. The molecule has 3 rings (SSSR count). The maximum Gasteiger partial charge on any atom is 0.133 e. The van der Waals surface area contributed by atoms with Gasteiger partial charge in [0.1, 0.15) is 18.1 Å². The summed E-state index contributed by atoms with van der Waals surface area (Å²) in [5, 5.41) is 5.68. The summed E-state index contributed by atoms with van der Waals surface area (Å²) in [6, 6.07) is 14.2. The van der Waals surface area contributed by atoms with E-state index in [2.05, 4.69) is 33.2 Å². The van der Waals surface area contributed by atoms with E-state index in [1.54, 1.807) is 0 Å². The van der Waals surface area contributed by atoms with E-state index >= 15 is 0 Å². The first-order valence-electron chi connectivity index (χ1n) is 6.45. The first kappa shape index (κ1) is 13.2. The average Bonchev–Trinajstić information content (AvgIpc) is 2.75. The van der Waals surface area contributed by atoms with Crippen molar-refractivity contribution in [2.45, 2.75) is 13.5 Å². The van der Waals surface area contributed by atoms with E-state index in [0.29, 0.717) is 6.61 Å². The molecule has 3 nitrogen and oxygen atoms in total. The van der Waals surface area contributed by atoms with Gasteiger partial charge in [0.05, 0.1) is 5.52 Å². The van der Waals surface area contributed by atoms with Gasteiger partial charge in [-0.25, -0.2) is 0 Å². The van der Waals surface area contributed by atoms with Crippen LogP contribution in [0.5, 0.6) is 5.75 Å². The van der Waals surface area contributed by atoms with Crippen molar-refractivity contribution in [3.8, 4) is 5.75 Å². The van der Waals surface area contributed by atoms with E-state index in [0.717, 1.165) is 32.4 Å². The van der Waals surface area contributed by atoms with Crippen molar-refractivity contribution < 1.29 is 4.74 Å². The Bertz CT molecular complexity index is 764. The van der Waals surface area contributed by atoms with Crippen LogP contribution in [0.1, 0.15) is 11.3 Å². The number of para-hydroxylation sites is 1. The fraction of sp³-hybridized carbons (Fsp3) is 0.188. The molecule has 0 fully saturated rings. The van der Waals surface area contributed by atoms with Crippen molar-refractivity contribution in [2.75, 3.05) is 0 Å². The second kappa shape index (κ2) is 5.29. The van der Waals surface area contributed by atoms with Gasteiger partial charge in [-0.05, 0) is 36.8 Å². The predicted molar refractivity (Wildman–Crippen MR) is 83.9 cm³/mol. The fourth-order valence-electron chi connectivity index (χ4n) is 2.32. The number of rotatable bonds is 3. The normalized spacial score (nSPS) is 10.9. The molecule has 0 N–H and O–H groups in total.